The molecule has 0 saturated carbocycles. The average Bonchev–Trinajstić information content (AvgIpc) is 3.35. The Balaban J connectivity index is 5.68. The first-order chi connectivity index (χ1) is 35.4. The number of carbonyl (C=O) groups excluding carboxylic acids is 7. The number of carbonyl (C=O) groups is 7. The van der Waals surface area contributed by atoms with Gasteiger partial charge in [0.15, 0.2) is 0 Å². The minimum atomic E-state index is -0.713. The maximum Gasteiger partial charge on any atom is 0.410 e. The molecule has 16 nitrogen and oxygen atoms in total. The normalized spacial score (nSPS) is 11.2. The first-order valence-corrected chi connectivity index (χ1v) is 29.0. The molecule has 0 heterocycles. The molecular formula is C57H104N2O14. The summed E-state index contributed by atoms with van der Waals surface area (Å²) in [7, 11) is 0. The molecule has 0 rings (SSSR count). The van der Waals surface area contributed by atoms with E-state index in [0.29, 0.717) is 6.54 Å². The summed E-state index contributed by atoms with van der Waals surface area (Å²) in [6.07, 6.45) is 23.0. The Morgan fingerprint density at radius 1 is 0.288 bits per heavy atom. The monoisotopic (exact) mass is 1040 g/mol. The Morgan fingerprint density at radius 2 is 0.521 bits per heavy atom. The number of hydrogen-bond acceptors (Lipinski definition) is 15. The molecule has 0 bridgehead atoms. The molecule has 0 aliphatic rings. The quantitative estimate of drug-likeness (QED) is 0.0317. The Bertz CT molecular complexity index is 1260. The van der Waals surface area contributed by atoms with Gasteiger partial charge in [0, 0.05) is 45.1 Å². The predicted molar refractivity (Wildman–Crippen MR) is 285 cm³/mol. The van der Waals surface area contributed by atoms with Crippen LogP contribution in [0.2, 0.25) is 0 Å². The van der Waals surface area contributed by atoms with E-state index in [4.69, 9.17) is 33.2 Å². The van der Waals surface area contributed by atoms with Crippen LogP contribution >= 0.6 is 0 Å². The van der Waals surface area contributed by atoms with Crippen molar-refractivity contribution in [1.82, 2.24) is 9.80 Å². The zero-order chi connectivity index (χ0) is 54.0. The SMILES string of the molecule is CCCCCCCCOC(=O)CC(CC(=O)OCCCCCCCC)CC(=O)OCCN(CCOC(=O)CC(CC(=O)OCCCCCCCC)CC(=O)OCCCCCCCC)C(=O)OCCN(CC)CC. The number of esters is 6. The molecule has 0 unspecified atom stereocenters. The maximum absolute atomic E-state index is 13.4. The number of unbranched alkanes of at least 4 members (excludes halogenated alkanes) is 20. The van der Waals surface area contributed by atoms with Crippen molar-refractivity contribution < 1.29 is 66.7 Å². The number of rotatable bonds is 51. The van der Waals surface area contributed by atoms with Gasteiger partial charge in [0.25, 0.3) is 0 Å². The second-order valence-electron chi connectivity index (χ2n) is 19.5. The minimum absolute atomic E-state index is 0.101. The van der Waals surface area contributed by atoms with Crippen molar-refractivity contribution in [3.63, 3.8) is 0 Å². The number of nitrogens with zero attached hydrogens (tertiary/aromatic N) is 2. The van der Waals surface area contributed by atoms with Crippen LogP contribution in [0.25, 0.3) is 0 Å². The first-order valence-electron chi connectivity index (χ1n) is 29.0. The van der Waals surface area contributed by atoms with Gasteiger partial charge in [0.1, 0.15) is 19.8 Å². The lowest BCUT2D eigenvalue weighted by atomic mass is 9.97. The van der Waals surface area contributed by atoms with Crippen LogP contribution in [0.4, 0.5) is 4.79 Å². The molecule has 0 aromatic heterocycles. The molecular weight excluding hydrogens is 937 g/mol. The highest BCUT2D eigenvalue weighted by Crippen LogP contribution is 2.20. The smallest absolute Gasteiger partial charge is 0.410 e. The lowest BCUT2D eigenvalue weighted by molar-refractivity contribution is -0.152. The van der Waals surface area contributed by atoms with Crippen LogP contribution in [0.5, 0.6) is 0 Å². The van der Waals surface area contributed by atoms with E-state index in [1.165, 1.54) is 30.6 Å². The van der Waals surface area contributed by atoms with E-state index in [1.807, 2.05) is 13.8 Å². The lowest BCUT2D eigenvalue weighted by Gasteiger charge is -2.24. The van der Waals surface area contributed by atoms with Crippen LogP contribution in [0.1, 0.15) is 234 Å². The van der Waals surface area contributed by atoms with Crippen molar-refractivity contribution in [2.45, 2.75) is 234 Å². The first kappa shape index (κ1) is 69.0. The van der Waals surface area contributed by atoms with Gasteiger partial charge in [-0.05, 0) is 50.6 Å². The molecule has 0 spiro atoms. The fraction of sp³-hybridized carbons (Fsp3) is 0.877. The number of likely N-dealkylation sites (N-methyl/N-ethyl adjacent to an activating group) is 1. The fourth-order valence-corrected chi connectivity index (χ4v) is 8.20. The van der Waals surface area contributed by atoms with Gasteiger partial charge in [-0.25, -0.2) is 4.79 Å². The molecule has 0 aromatic carbocycles. The van der Waals surface area contributed by atoms with Crippen molar-refractivity contribution in [2.75, 3.05) is 79.0 Å². The van der Waals surface area contributed by atoms with E-state index in [0.717, 1.165) is 142 Å². The summed E-state index contributed by atoms with van der Waals surface area (Å²) < 4.78 is 38.6. The molecule has 0 aliphatic carbocycles. The molecule has 0 saturated heterocycles. The van der Waals surface area contributed by atoms with E-state index in [9.17, 15) is 33.6 Å². The standard InChI is InChI=1S/C57H104N2O14/c1-7-13-17-21-25-29-36-67-51(60)43-49(44-52(61)68-37-30-26-22-18-14-8-2)47-55(64)71-41-34-59(57(66)73-40-33-58(11-5)12-6)35-42-72-56(65)48-50(45-53(62)69-38-31-27-23-19-15-9-3)46-54(63)70-39-32-28-24-20-16-10-4/h49-50H,7-48H2,1-6H3. The van der Waals surface area contributed by atoms with E-state index < -0.39 is 53.7 Å². The van der Waals surface area contributed by atoms with Gasteiger partial charge < -0.3 is 43.0 Å². The van der Waals surface area contributed by atoms with Crippen molar-refractivity contribution in [1.29, 1.82) is 0 Å². The molecule has 0 aromatic rings. The minimum Gasteiger partial charge on any atom is -0.466 e. The summed E-state index contributed by atoms with van der Waals surface area (Å²) in [6, 6.07) is 0. The molecule has 0 aliphatic heterocycles. The Kier molecular flexibility index (Phi) is 47.5. The third kappa shape index (κ3) is 44.1. The molecule has 73 heavy (non-hydrogen) atoms. The molecule has 1 amide bonds. The Labute approximate surface area is 442 Å². The highest BCUT2D eigenvalue weighted by Gasteiger charge is 2.26. The van der Waals surface area contributed by atoms with E-state index in [1.54, 1.807) is 0 Å². The predicted octanol–water partition coefficient (Wildman–Crippen LogP) is 12.0. The van der Waals surface area contributed by atoms with Gasteiger partial charge >= 0.3 is 41.9 Å². The zero-order valence-electron chi connectivity index (χ0n) is 47.0. The van der Waals surface area contributed by atoms with Gasteiger partial charge in [-0.15, -0.1) is 0 Å². The number of amides is 1. The molecule has 0 fully saturated rings. The molecule has 426 valence electrons. The van der Waals surface area contributed by atoms with Crippen LogP contribution < -0.4 is 0 Å². The summed E-state index contributed by atoms with van der Waals surface area (Å²) in [5.74, 6) is -4.75. The van der Waals surface area contributed by atoms with Gasteiger partial charge in [0.2, 0.25) is 0 Å². The van der Waals surface area contributed by atoms with Crippen molar-refractivity contribution >= 4 is 41.9 Å². The summed E-state index contributed by atoms with van der Waals surface area (Å²) in [6.45, 7) is 15.2. The zero-order valence-corrected chi connectivity index (χ0v) is 47.0. The summed E-state index contributed by atoms with van der Waals surface area (Å²) in [5.41, 5.74) is 0. The van der Waals surface area contributed by atoms with E-state index >= 15 is 0 Å². The third-order valence-corrected chi connectivity index (χ3v) is 12.8. The summed E-state index contributed by atoms with van der Waals surface area (Å²) in [5, 5.41) is 0. The van der Waals surface area contributed by atoms with E-state index in [2.05, 4.69) is 32.6 Å². The van der Waals surface area contributed by atoms with Gasteiger partial charge in [0.05, 0.1) is 39.5 Å². The second-order valence-corrected chi connectivity index (χ2v) is 19.5. The van der Waals surface area contributed by atoms with Crippen LogP contribution in [0.15, 0.2) is 0 Å². The molecule has 16 heteroatoms. The number of ether oxygens (including phenoxy) is 7. The van der Waals surface area contributed by atoms with Crippen molar-refractivity contribution in [3.05, 3.63) is 0 Å². The van der Waals surface area contributed by atoms with Gasteiger partial charge in [-0.2, -0.15) is 0 Å². The second kappa shape index (κ2) is 50.2. The summed E-state index contributed by atoms with van der Waals surface area (Å²) in [4.78, 5) is 94.8. The average molecular weight is 1040 g/mol. The van der Waals surface area contributed by atoms with Crippen LogP contribution in [0, 0.1) is 11.8 Å². The highest BCUT2D eigenvalue weighted by molar-refractivity contribution is 5.77. The third-order valence-electron chi connectivity index (χ3n) is 12.8. The van der Waals surface area contributed by atoms with Gasteiger partial charge in [-0.1, -0.05) is 170 Å². The van der Waals surface area contributed by atoms with Crippen LogP contribution in [0.3, 0.4) is 0 Å². The fourth-order valence-electron chi connectivity index (χ4n) is 8.20. The van der Waals surface area contributed by atoms with Crippen LogP contribution in [-0.4, -0.2) is 131 Å². The highest BCUT2D eigenvalue weighted by atomic mass is 16.6. The van der Waals surface area contributed by atoms with Gasteiger partial charge in [-0.3, -0.25) is 28.8 Å². The van der Waals surface area contributed by atoms with Crippen molar-refractivity contribution in [2.24, 2.45) is 11.8 Å². The lowest BCUT2D eigenvalue weighted by Crippen LogP contribution is -2.39. The van der Waals surface area contributed by atoms with E-state index in [-0.39, 0.29) is 97.9 Å². The van der Waals surface area contributed by atoms with Crippen LogP contribution in [-0.2, 0) is 61.9 Å². The molecule has 0 atom stereocenters. The van der Waals surface area contributed by atoms with Crippen molar-refractivity contribution in [3.8, 4) is 0 Å². The molecule has 0 radical (unpaired) electrons. The number of hydrogen-bond donors (Lipinski definition) is 0. The molecule has 0 N–H and O–H groups in total. The Hall–Kier alpha value is -3.95. The Morgan fingerprint density at radius 3 is 0.781 bits per heavy atom. The largest absolute Gasteiger partial charge is 0.466 e. The maximum atomic E-state index is 13.4. The topological polar surface area (TPSA) is 191 Å². The summed E-state index contributed by atoms with van der Waals surface area (Å²) >= 11 is 0.